The fourth-order valence-electron chi connectivity index (χ4n) is 4.14. The number of ketones is 1. The van der Waals surface area contributed by atoms with Crippen LogP contribution in [0.4, 0.5) is 0 Å². The van der Waals surface area contributed by atoms with E-state index in [1.807, 2.05) is 12.1 Å². The number of morpholine rings is 1. The molecule has 2 atom stereocenters. The Kier molecular flexibility index (Phi) is 4.79. The Hall–Kier alpha value is -2.55. The van der Waals surface area contributed by atoms with Crippen LogP contribution in [0.5, 0.6) is 0 Å². The fourth-order valence-corrected chi connectivity index (χ4v) is 4.14. The van der Waals surface area contributed by atoms with Gasteiger partial charge in [0.1, 0.15) is 11.8 Å². The molecule has 1 aromatic heterocycles. The van der Waals surface area contributed by atoms with Crippen LogP contribution in [0.1, 0.15) is 34.5 Å². The van der Waals surface area contributed by atoms with Gasteiger partial charge in [-0.2, -0.15) is 5.26 Å². The lowest BCUT2D eigenvalue weighted by atomic mass is 9.80. The molecule has 2 aromatic rings. The molecule has 2 bridgehead atoms. The first-order chi connectivity index (χ1) is 12.7. The van der Waals surface area contributed by atoms with Crippen molar-refractivity contribution in [1.82, 2.24) is 9.88 Å². The van der Waals surface area contributed by atoms with Gasteiger partial charge in [-0.1, -0.05) is 30.3 Å². The van der Waals surface area contributed by atoms with Crippen molar-refractivity contribution in [2.24, 2.45) is 5.92 Å². The van der Waals surface area contributed by atoms with Crippen LogP contribution in [0.25, 0.3) is 0 Å². The molecule has 5 nitrogen and oxygen atoms in total. The van der Waals surface area contributed by atoms with Crippen molar-refractivity contribution in [2.75, 3.05) is 13.2 Å². The van der Waals surface area contributed by atoms with E-state index >= 15 is 0 Å². The number of ether oxygens (including phenoxy) is 1. The van der Waals surface area contributed by atoms with Crippen molar-refractivity contribution in [2.45, 2.75) is 31.5 Å². The molecule has 132 valence electrons. The van der Waals surface area contributed by atoms with E-state index in [2.05, 4.69) is 34.1 Å². The van der Waals surface area contributed by atoms with Gasteiger partial charge in [0.05, 0.1) is 13.2 Å². The van der Waals surface area contributed by atoms with E-state index in [1.54, 1.807) is 18.3 Å². The molecule has 0 saturated carbocycles. The van der Waals surface area contributed by atoms with Crippen LogP contribution in [0.3, 0.4) is 0 Å². The lowest BCUT2D eigenvalue weighted by molar-refractivity contribution is -0.0872. The number of nitrogens with zero attached hydrogens (tertiary/aromatic N) is 3. The van der Waals surface area contributed by atoms with Gasteiger partial charge in [0.2, 0.25) is 0 Å². The minimum absolute atomic E-state index is 0.0186. The highest BCUT2D eigenvalue weighted by atomic mass is 16.5. The molecule has 26 heavy (non-hydrogen) atoms. The summed E-state index contributed by atoms with van der Waals surface area (Å²) >= 11 is 0. The normalized spacial score (nSPS) is 25.4. The van der Waals surface area contributed by atoms with Crippen molar-refractivity contribution in [3.05, 3.63) is 65.5 Å². The second kappa shape index (κ2) is 7.36. The zero-order valence-electron chi connectivity index (χ0n) is 14.5. The first-order valence-electron chi connectivity index (χ1n) is 9.02. The molecule has 2 fully saturated rings. The fraction of sp³-hybridized carbons (Fsp3) is 0.381. The number of pyridine rings is 1. The summed E-state index contributed by atoms with van der Waals surface area (Å²) in [6, 6.07) is 16.3. The van der Waals surface area contributed by atoms with Crippen molar-refractivity contribution >= 4 is 5.78 Å². The summed E-state index contributed by atoms with van der Waals surface area (Å²) in [4.78, 5) is 19.4. The Morgan fingerprint density at radius 2 is 1.92 bits per heavy atom. The van der Waals surface area contributed by atoms with Crippen LogP contribution in [0.2, 0.25) is 0 Å². The van der Waals surface area contributed by atoms with Gasteiger partial charge in [0.25, 0.3) is 0 Å². The zero-order chi connectivity index (χ0) is 17.9. The number of aromatic nitrogens is 1. The summed E-state index contributed by atoms with van der Waals surface area (Å²) in [5, 5.41) is 9.01. The largest absolute Gasteiger partial charge is 0.378 e. The van der Waals surface area contributed by atoms with Crippen molar-refractivity contribution in [3.8, 4) is 6.07 Å². The van der Waals surface area contributed by atoms with Gasteiger partial charge in [0, 0.05) is 36.3 Å². The van der Waals surface area contributed by atoms with Gasteiger partial charge in [-0.15, -0.1) is 0 Å². The molecule has 1 aromatic carbocycles. The molecular weight excluding hydrogens is 326 g/mol. The van der Waals surface area contributed by atoms with Crippen LogP contribution in [0.15, 0.2) is 48.7 Å². The Labute approximate surface area is 153 Å². The molecule has 2 aliphatic heterocycles. The highest BCUT2D eigenvalue weighted by molar-refractivity contribution is 5.98. The van der Waals surface area contributed by atoms with Gasteiger partial charge in [-0.25, -0.2) is 4.98 Å². The summed E-state index contributed by atoms with van der Waals surface area (Å²) in [7, 11) is 0. The molecule has 4 rings (SSSR count). The highest BCUT2D eigenvalue weighted by Gasteiger charge is 2.41. The number of fused-ring (bicyclic) bond motifs is 2. The second-order valence-electron chi connectivity index (χ2n) is 7.08. The molecule has 0 amide bonds. The number of piperidine rings is 1. The Bertz CT molecular complexity index is 817. The number of Topliss-reactive ketones (excluding diaryl/α,β-unsaturated/α-hetero) is 1. The summed E-state index contributed by atoms with van der Waals surface area (Å²) in [6.07, 6.45) is 3.14. The van der Waals surface area contributed by atoms with Crippen molar-refractivity contribution in [1.29, 1.82) is 5.26 Å². The van der Waals surface area contributed by atoms with Gasteiger partial charge in [0.15, 0.2) is 5.78 Å². The summed E-state index contributed by atoms with van der Waals surface area (Å²) < 4.78 is 5.77. The van der Waals surface area contributed by atoms with E-state index < -0.39 is 0 Å². The van der Waals surface area contributed by atoms with Gasteiger partial charge >= 0.3 is 0 Å². The first kappa shape index (κ1) is 16.9. The van der Waals surface area contributed by atoms with E-state index in [1.165, 1.54) is 5.56 Å². The molecule has 2 saturated heterocycles. The van der Waals surface area contributed by atoms with E-state index in [4.69, 9.17) is 10.00 Å². The maximum absolute atomic E-state index is 13.0. The maximum atomic E-state index is 13.0. The number of nitriles is 1. The predicted octanol–water partition coefficient (Wildman–Crippen LogP) is 2.82. The maximum Gasteiger partial charge on any atom is 0.166 e. The Morgan fingerprint density at radius 1 is 1.19 bits per heavy atom. The van der Waals surface area contributed by atoms with E-state index in [0.29, 0.717) is 24.5 Å². The Balaban J connectivity index is 1.50. The number of hydrogen-bond donors (Lipinski definition) is 0. The van der Waals surface area contributed by atoms with Crippen LogP contribution in [-0.4, -0.2) is 41.0 Å². The molecule has 5 heteroatoms. The molecule has 3 heterocycles. The van der Waals surface area contributed by atoms with Crippen LogP contribution in [-0.2, 0) is 11.3 Å². The third-order valence-electron chi connectivity index (χ3n) is 5.41. The predicted molar refractivity (Wildman–Crippen MR) is 96.4 cm³/mol. The molecule has 2 unspecified atom stereocenters. The minimum Gasteiger partial charge on any atom is -0.378 e. The molecular formula is C21H21N3O2. The number of benzene rings is 1. The average molecular weight is 347 g/mol. The second-order valence-corrected chi connectivity index (χ2v) is 7.08. The summed E-state index contributed by atoms with van der Waals surface area (Å²) in [6.45, 7) is 2.24. The third kappa shape index (κ3) is 3.39. The van der Waals surface area contributed by atoms with E-state index in [0.717, 1.165) is 19.4 Å². The number of rotatable bonds is 4. The lowest BCUT2D eigenvalue weighted by Crippen LogP contribution is -2.57. The van der Waals surface area contributed by atoms with Crippen molar-refractivity contribution < 1.29 is 9.53 Å². The zero-order valence-corrected chi connectivity index (χ0v) is 14.5. The number of carbonyl (C=O) groups excluding carboxylic acids is 1. The molecule has 0 N–H and O–H groups in total. The van der Waals surface area contributed by atoms with Crippen LogP contribution >= 0.6 is 0 Å². The SMILES string of the molecule is N#Cc1cc(C(=O)C2CC3COCC(C2)N3Cc2ccccc2)ccn1. The number of hydrogen-bond acceptors (Lipinski definition) is 5. The first-order valence-corrected chi connectivity index (χ1v) is 9.02. The minimum atomic E-state index is -0.0186. The topological polar surface area (TPSA) is 66.2 Å². The quantitative estimate of drug-likeness (QED) is 0.796. The summed E-state index contributed by atoms with van der Waals surface area (Å²) in [5.41, 5.74) is 2.18. The Morgan fingerprint density at radius 3 is 2.62 bits per heavy atom. The van der Waals surface area contributed by atoms with Crippen LogP contribution < -0.4 is 0 Å². The van der Waals surface area contributed by atoms with Gasteiger partial charge < -0.3 is 4.74 Å². The molecule has 0 aliphatic carbocycles. The highest BCUT2D eigenvalue weighted by Crippen LogP contribution is 2.34. The van der Waals surface area contributed by atoms with E-state index in [9.17, 15) is 4.79 Å². The lowest BCUT2D eigenvalue weighted by Gasteiger charge is -2.48. The van der Waals surface area contributed by atoms with Crippen LogP contribution in [0, 0.1) is 17.2 Å². The van der Waals surface area contributed by atoms with E-state index in [-0.39, 0.29) is 23.8 Å². The number of carbonyl (C=O) groups is 1. The smallest absolute Gasteiger partial charge is 0.166 e. The third-order valence-corrected chi connectivity index (χ3v) is 5.41. The van der Waals surface area contributed by atoms with Gasteiger partial charge in [-0.05, 0) is 30.5 Å². The van der Waals surface area contributed by atoms with Crippen molar-refractivity contribution in [3.63, 3.8) is 0 Å². The average Bonchev–Trinajstić information content (AvgIpc) is 2.68. The molecule has 0 radical (unpaired) electrons. The van der Waals surface area contributed by atoms with Gasteiger partial charge in [-0.3, -0.25) is 9.69 Å². The molecule has 2 aliphatic rings. The summed E-state index contributed by atoms with van der Waals surface area (Å²) in [5.74, 6) is 0.107. The monoisotopic (exact) mass is 347 g/mol. The standard InChI is InChI=1S/C21H21N3O2/c22-11-18-8-16(6-7-23-18)21(25)17-9-19-13-26-14-20(10-17)24(19)12-15-4-2-1-3-5-15/h1-8,17,19-20H,9-10,12-14H2. The molecule has 0 spiro atoms.